The fourth-order valence-electron chi connectivity index (χ4n) is 3.00. The molecule has 2 aromatic rings. The Hall–Kier alpha value is -2.39. The third kappa shape index (κ3) is 5.86. The first-order chi connectivity index (χ1) is 14.6. The molecule has 31 heavy (non-hydrogen) atoms. The summed E-state index contributed by atoms with van der Waals surface area (Å²) in [6.45, 7) is 9.37. The Morgan fingerprint density at radius 2 is 1.61 bits per heavy atom. The summed E-state index contributed by atoms with van der Waals surface area (Å²) in [4.78, 5) is 25.4. The quantitative estimate of drug-likeness (QED) is 0.482. The van der Waals surface area contributed by atoms with Crippen LogP contribution in [0, 0.1) is 20.8 Å². The van der Waals surface area contributed by atoms with Gasteiger partial charge in [0.05, 0.1) is 23.7 Å². The molecule has 0 spiro atoms. The van der Waals surface area contributed by atoms with Gasteiger partial charge in [-0.1, -0.05) is 17.7 Å². The molecule has 0 fully saturated rings. The van der Waals surface area contributed by atoms with Gasteiger partial charge in [0.25, 0.3) is 10.0 Å². The molecule has 1 aromatic heterocycles. The van der Waals surface area contributed by atoms with Crippen molar-refractivity contribution in [2.45, 2.75) is 52.4 Å². The van der Waals surface area contributed by atoms with Crippen LogP contribution in [0.15, 0.2) is 29.2 Å². The van der Waals surface area contributed by atoms with E-state index < -0.39 is 16.0 Å². The van der Waals surface area contributed by atoms with Crippen LogP contribution in [0.1, 0.15) is 53.1 Å². The topological polar surface area (TPSA) is 90.0 Å². The van der Waals surface area contributed by atoms with E-state index in [4.69, 9.17) is 9.47 Å². The molecule has 0 unspecified atom stereocenters. The predicted molar refractivity (Wildman–Crippen MR) is 121 cm³/mol. The van der Waals surface area contributed by atoms with Gasteiger partial charge in [-0.15, -0.1) is 11.3 Å². The van der Waals surface area contributed by atoms with Crippen LogP contribution in [0.3, 0.4) is 0 Å². The number of aryl methyl sites for hydroxylation is 2. The molecule has 0 N–H and O–H groups in total. The summed E-state index contributed by atoms with van der Waals surface area (Å²) in [6.07, 6.45) is 0.327. The summed E-state index contributed by atoms with van der Waals surface area (Å²) in [5.41, 5.74) is 1.87. The number of esters is 2. The van der Waals surface area contributed by atoms with E-state index in [0.717, 1.165) is 10.4 Å². The zero-order valence-corrected chi connectivity index (χ0v) is 20.2. The van der Waals surface area contributed by atoms with E-state index in [0.29, 0.717) is 10.6 Å². The minimum Gasteiger partial charge on any atom is -0.466 e. The number of sulfonamides is 1. The van der Waals surface area contributed by atoms with Crippen LogP contribution >= 0.6 is 11.3 Å². The van der Waals surface area contributed by atoms with Gasteiger partial charge in [0.1, 0.15) is 5.00 Å². The van der Waals surface area contributed by atoms with E-state index in [1.54, 1.807) is 45.0 Å². The minimum atomic E-state index is -3.97. The van der Waals surface area contributed by atoms with Gasteiger partial charge >= 0.3 is 11.9 Å². The largest absolute Gasteiger partial charge is 0.466 e. The smallest absolute Gasteiger partial charge is 0.341 e. The number of anilines is 1. The van der Waals surface area contributed by atoms with Crippen molar-refractivity contribution in [3.8, 4) is 0 Å². The lowest BCUT2D eigenvalue weighted by molar-refractivity contribution is -0.143. The van der Waals surface area contributed by atoms with E-state index in [1.165, 1.54) is 15.6 Å². The van der Waals surface area contributed by atoms with Crippen LogP contribution in [0.5, 0.6) is 0 Å². The van der Waals surface area contributed by atoms with Crippen molar-refractivity contribution in [3.05, 3.63) is 45.8 Å². The van der Waals surface area contributed by atoms with Gasteiger partial charge in [-0.3, -0.25) is 9.10 Å². The van der Waals surface area contributed by atoms with E-state index in [1.807, 2.05) is 13.8 Å². The second-order valence-corrected chi connectivity index (χ2v) is 10.0. The van der Waals surface area contributed by atoms with Crippen molar-refractivity contribution >= 4 is 38.3 Å². The highest BCUT2D eigenvalue weighted by Gasteiger charge is 2.32. The van der Waals surface area contributed by atoms with Crippen molar-refractivity contribution in [1.82, 2.24) is 0 Å². The van der Waals surface area contributed by atoms with Crippen LogP contribution in [-0.2, 0) is 24.3 Å². The van der Waals surface area contributed by atoms with Gasteiger partial charge in [-0.2, -0.15) is 0 Å². The van der Waals surface area contributed by atoms with Gasteiger partial charge in [0.2, 0.25) is 0 Å². The Morgan fingerprint density at radius 3 is 2.19 bits per heavy atom. The molecule has 1 heterocycles. The third-order valence-corrected chi connectivity index (χ3v) is 7.89. The lowest BCUT2D eigenvalue weighted by Crippen LogP contribution is -2.33. The molecule has 0 saturated heterocycles. The Kier molecular flexibility index (Phi) is 8.64. The molecular weight excluding hydrogens is 438 g/mol. The van der Waals surface area contributed by atoms with Gasteiger partial charge < -0.3 is 9.47 Å². The van der Waals surface area contributed by atoms with E-state index in [2.05, 4.69) is 0 Å². The first kappa shape index (κ1) is 24.9. The second-order valence-electron chi connectivity index (χ2n) is 6.98. The SMILES string of the molecule is CCOC(=O)CCCN(c1sc(C)c(C)c1C(=O)OCC)S(=O)(=O)c1ccc(C)cc1. The Balaban J connectivity index is 2.52. The Bertz CT molecular complexity index is 1030. The monoisotopic (exact) mass is 467 g/mol. The summed E-state index contributed by atoms with van der Waals surface area (Å²) >= 11 is 1.23. The predicted octanol–water partition coefficient (Wildman–Crippen LogP) is 4.39. The number of thiophene rings is 1. The number of carbonyl (C=O) groups is 2. The maximum absolute atomic E-state index is 13.6. The van der Waals surface area contributed by atoms with Crippen molar-refractivity contribution in [2.24, 2.45) is 0 Å². The lowest BCUT2D eigenvalue weighted by Gasteiger charge is -2.24. The zero-order valence-electron chi connectivity index (χ0n) is 18.6. The molecule has 170 valence electrons. The maximum atomic E-state index is 13.6. The Morgan fingerprint density at radius 1 is 1.00 bits per heavy atom. The molecule has 0 aliphatic heterocycles. The molecule has 0 aliphatic rings. The number of hydrogen-bond donors (Lipinski definition) is 0. The molecule has 2 rings (SSSR count). The molecule has 1 aromatic carbocycles. The highest BCUT2D eigenvalue weighted by molar-refractivity contribution is 7.93. The van der Waals surface area contributed by atoms with E-state index in [9.17, 15) is 18.0 Å². The van der Waals surface area contributed by atoms with Crippen molar-refractivity contribution < 1.29 is 27.5 Å². The second kappa shape index (κ2) is 10.8. The molecule has 0 aliphatic carbocycles. The van der Waals surface area contributed by atoms with Crippen LogP contribution in [0.25, 0.3) is 0 Å². The molecule has 9 heteroatoms. The van der Waals surface area contributed by atoms with Crippen LogP contribution < -0.4 is 4.31 Å². The first-order valence-corrected chi connectivity index (χ1v) is 12.4. The van der Waals surface area contributed by atoms with Crippen LogP contribution in [0.4, 0.5) is 5.00 Å². The van der Waals surface area contributed by atoms with Crippen molar-refractivity contribution in [3.63, 3.8) is 0 Å². The maximum Gasteiger partial charge on any atom is 0.341 e. The number of rotatable bonds is 10. The summed E-state index contributed by atoms with van der Waals surface area (Å²) < 4.78 is 38.5. The number of nitrogens with zero attached hydrogens (tertiary/aromatic N) is 1. The van der Waals surface area contributed by atoms with Crippen LogP contribution in [0.2, 0.25) is 0 Å². The Labute approximate surface area is 188 Å². The minimum absolute atomic E-state index is 0.0286. The molecule has 0 saturated carbocycles. The van der Waals surface area contributed by atoms with Gasteiger partial charge in [-0.05, 0) is 58.7 Å². The summed E-state index contributed by atoms with van der Waals surface area (Å²) in [6, 6.07) is 6.53. The fourth-order valence-corrected chi connectivity index (χ4v) is 5.89. The number of hydrogen-bond acceptors (Lipinski definition) is 7. The van der Waals surface area contributed by atoms with Crippen molar-refractivity contribution in [2.75, 3.05) is 24.1 Å². The highest BCUT2D eigenvalue weighted by Crippen LogP contribution is 2.39. The molecule has 0 amide bonds. The average molecular weight is 468 g/mol. The number of benzene rings is 1. The number of ether oxygens (including phenoxy) is 2. The van der Waals surface area contributed by atoms with Crippen LogP contribution in [-0.4, -0.2) is 40.1 Å². The summed E-state index contributed by atoms with van der Waals surface area (Å²) in [7, 11) is -3.97. The highest BCUT2D eigenvalue weighted by atomic mass is 32.2. The van der Waals surface area contributed by atoms with E-state index in [-0.39, 0.29) is 49.0 Å². The summed E-state index contributed by atoms with van der Waals surface area (Å²) in [5.74, 6) is -0.951. The van der Waals surface area contributed by atoms with Crippen molar-refractivity contribution in [1.29, 1.82) is 0 Å². The summed E-state index contributed by atoms with van der Waals surface area (Å²) in [5, 5.41) is 0.304. The zero-order chi connectivity index (χ0) is 23.2. The lowest BCUT2D eigenvalue weighted by atomic mass is 10.1. The molecule has 0 bridgehead atoms. The molecule has 7 nitrogen and oxygen atoms in total. The van der Waals surface area contributed by atoms with Gasteiger partial charge in [0, 0.05) is 17.8 Å². The molecule has 0 radical (unpaired) electrons. The van der Waals surface area contributed by atoms with Gasteiger partial charge in [-0.25, -0.2) is 13.2 Å². The van der Waals surface area contributed by atoms with Gasteiger partial charge in [0.15, 0.2) is 0 Å². The van der Waals surface area contributed by atoms with E-state index >= 15 is 0 Å². The fraction of sp³-hybridized carbons (Fsp3) is 0.455. The molecular formula is C22H29NO6S2. The standard InChI is InChI=1S/C22H29NO6S2/c1-6-28-19(24)9-8-14-23(31(26,27)18-12-10-15(3)11-13-18)21-20(22(25)29-7-2)16(4)17(5)30-21/h10-13H,6-9,14H2,1-5H3. The number of carbonyl (C=O) groups excluding carboxylic acids is 2. The molecule has 0 atom stereocenters. The normalized spacial score (nSPS) is 11.3. The first-order valence-electron chi connectivity index (χ1n) is 10.2. The third-order valence-electron chi connectivity index (χ3n) is 4.73. The average Bonchev–Trinajstić information content (AvgIpc) is 3.00.